The molecule has 1 aromatic heterocycles. The Morgan fingerprint density at radius 3 is 2.18 bits per heavy atom. The molecule has 4 aromatic rings. The third-order valence-electron chi connectivity index (χ3n) is 7.37. The minimum absolute atomic E-state index is 0.0479. The summed E-state index contributed by atoms with van der Waals surface area (Å²) in [5.41, 5.74) is 6.77. The van der Waals surface area contributed by atoms with Crippen LogP contribution in [0.3, 0.4) is 0 Å². The van der Waals surface area contributed by atoms with E-state index < -0.39 is 0 Å². The van der Waals surface area contributed by atoms with E-state index in [0.29, 0.717) is 27.8 Å². The monoisotopic (exact) mass is 535 g/mol. The summed E-state index contributed by atoms with van der Waals surface area (Å²) in [6.07, 6.45) is 3.47. The average molecular weight is 536 g/mol. The highest BCUT2D eigenvalue weighted by Crippen LogP contribution is 2.33. The van der Waals surface area contributed by atoms with Crippen LogP contribution < -0.4 is 5.32 Å². The normalized spacial score (nSPS) is 13.6. The summed E-state index contributed by atoms with van der Waals surface area (Å²) < 4.78 is 0. The first-order chi connectivity index (χ1) is 18.9. The van der Waals surface area contributed by atoms with Gasteiger partial charge in [0.1, 0.15) is 5.15 Å². The molecule has 2 heterocycles. The fraction of sp³-hybridized carbons (Fsp3) is 0.182. The Labute approximate surface area is 234 Å². The van der Waals surface area contributed by atoms with Crippen LogP contribution in [0.1, 0.15) is 61.7 Å². The van der Waals surface area contributed by atoms with Crippen molar-refractivity contribution >= 4 is 34.7 Å². The molecular formula is C33H30ClN3O2. The van der Waals surface area contributed by atoms with Gasteiger partial charge >= 0.3 is 0 Å². The van der Waals surface area contributed by atoms with Crippen molar-refractivity contribution in [2.45, 2.75) is 25.7 Å². The van der Waals surface area contributed by atoms with Crippen molar-refractivity contribution in [1.29, 1.82) is 0 Å². The zero-order valence-corrected chi connectivity index (χ0v) is 22.6. The lowest BCUT2D eigenvalue weighted by Crippen LogP contribution is -2.31. The number of rotatable bonds is 7. The highest BCUT2D eigenvalue weighted by atomic mass is 35.5. The van der Waals surface area contributed by atoms with Gasteiger partial charge in [0.05, 0.1) is 5.56 Å². The molecule has 0 bridgehead atoms. The number of nitrogens with one attached hydrogen (secondary N) is 1. The second-order valence-corrected chi connectivity index (χ2v) is 10.3. The summed E-state index contributed by atoms with van der Waals surface area (Å²) in [6, 6.07) is 26.7. The number of piperidine rings is 1. The molecule has 0 saturated carbocycles. The Balaban J connectivity index is 1.20. The number of ketones is 1. The number of carbonyl (C=O) groups excluding carboxylic acids is 2. The Hall–Kier alpha value is -4.22. The minimum atomic E-state index is -0.234. The molecule has 0 radical (unpaired) electrons. The number of benzene rings is 3. The van der Waals surface area contributed by atoms with Gasteiger partial charge in [0.25, 0.3) is 5.91 Å². The van der Waals surface area contributed by atoms with E-state index in [1.54, 1.807) is 12.1 Å². The Bertz CT molecular complexity index is 1490. The number of hydrogen-bond donors (Lipinski definition) is 1. The van der Waals surface area contributed by atoms with Crippen LogP contribution >= 0.6 is 11.6 Å². The van der Waals surface area contributed by atoms with E-state index >= 15 is 0 Å². The maximum atomic E-state index is 12.7. The lowest BCUT2D eigenvalue weighted by Gasteiger charge is -2.35. The first kappa shape index (κ1) is 26.4. The van der Waals surface area contributed by atoms with Crippen molar-refractivity contribution in [1.82, 2.24) is 9.88 Å². The molecule has 6 heteroatoms. The maximum absolute atomic E-state index is 12.7. The van der Waals surface area contributed by atoms with Crippen molar-refractivity contribution < 1.29 is 9.59 Å². The number of likely N-dealkylation sites (tertiary alicyclic amines) is 1. The first-order valence-corrected chi connectivity index (χ1v) is 13.4. The number of hydrogen-bond acceptors (Lipinski definition) is 4. The predicted molar refractivity (Wildman–Crippen MR) is 157 cm³/mol. The number of amides is 1. The van der Waals surface area contributed by atoms with E-state index in [2.05, 4.69) is 33.9 Å². The highest BCUT2D eigenvalue weighted by molar-refractivity contribution is 6.29. The molecular weight excluding hydrogens is 506 g/mol. The molecule has 1 fully saturated rings. The Kier molecular flexibility index (Phi) is 7.89. The second kappa shape index (κ2) is 11.7. The highest BCUT2D eigenvalue weighted by Gasteiger charge is 2.23. The van der Waals surface area contributed by atoms with Gasteiger partial charge in [0.15, 0.2) is 5.78 Å². The molecule has 0 spiro atoms. The summed E-state index contributed by atoms with van der Waals surface area (Å²) >= 11 is 5.84. The summed E-state index contributed by atoms with van der Waals surface area (Å²) in [5, 5.41) is 3.34. The molecule has 1 aliphatic rings. The molecule has 3 aromatic carbocycles. The van der Waals surface area contributed by atoms with Crippen LogP contribution in [0.2, 0.25) is 5.15 Å². The van der Waals surface area contributed by atoms with E-state index in [0.717, 1.165) is 48.4 Å². The lowest BCUT2D eigenvalue weighted by atomic mass is 9.88. The minimum Gasteiger partial charge on any atom is -0.371 e. The first-order valence-electron chi connectivity index (χ1n) is 13.1. The fourth-order valence-corrected chi connectivity index (χ4v) is 5.08. The number of nitrogens with zero attached hydrogens (tertiary/aromatic N) is 2. The van der Waals surface area contributed by atoms with Gasteiger partial charge in [-0.05, 0) is 60.6 Å². The molecule has 196 valence electrons. The number of aryl methyl sites for hydroxylation is 1. The molecule has 1 aliphatic heterocycles. The average Bonchev–Trinajstić information content (AvgIpc) is 2.98. The lowest BCUT2D eigenvalue weighted by molar-refractivity contribution is 0.102. The number of carbonyl (C=O) groups is 2. The molecule has 1 N–H and O–H groups in total. The van der Waals surface area contributed by atoms with Gasteiger partial charge in [-0.3, -0.25) is 9.59 Å². The van der Waals surface area contributed by atoms with Crippen LogP contribution in [0.15, 0.2) is 97.7 Å². The van der Waals surface area contributed by atoms with E-state index in [-0.39, 0.29) is 11.7 Å². The van der Waals surface area contributed by atoms with Gasteiger partial charge in [0, 0.05) is 41.8 Å². The topological polar surface area (TPSA) is 62.3 Å². The van der Waals surface area contributed by atoms with Crippen molar-refractivity contribution in [3.05, 3.63) is 136 Å². The van der Waals surface area contributed by atoms with E-state index in [1.807, 2.05) is 67.6 Å². The Morgan fingerprint density at radius 2 is 1.51 bits per heavy atom. The van der Waals surface area contributed by atoms with Crippen LogP contribution in [-0.4, -0.2) is 34.7 Å². The van der Waals surface area contributed by atoms with Gasteiger partial charge in [-0.2, -0.15) is 0 Å². The van der Waals surface area contributed by atoms with Crippen molar-refractivity contribution in [2.75, 3.05) is 18.4 Å². The molecule has 1 amide bonds. The van der Waals surface area contributed by atoms with Crippen molar-refractivity contribution in [3.8, 4) is 0 Å². The van der Waals surface area contributed by atoms with Crippen LogP contribution in [0.5, 0.6) is 0 Å². The van der Waals surface area contributed by atoms with Gasteiger partial charge in [-0.25, -0.2) is 4.98 Å². The van der Waals surface area contributed by atoms with Gasteiger partial charge < -0.3 is 10.2 Å². The summed E-state index contributed by atoms with van der Waals surface area (Å²) in [7, 11) is 0. The summed E-state index contributed by atoms with van der Waals surface area (Å²) in [5.74, 6) is 0.255. The van der Waals surface area contributed by atoms with E-state index in [1.165, 1.54) is 11.8 Å². The van der Waals surface area contributed by atoms with Crippen molar-refractivity contribution in [3.63, 3.8) is 0 Å². The Morgan fingerprint density at radius 1 is 0.872 bits per heavy atom. The zero-order valence-electron chi connectivity index (χ0n) is 21.9. The molecule has 5 rings (SSSR count). The largest absolute Gasteiger partial charge is 0.371 e. The fourth-order valence-electron chi connectivity index (χ4n) is 4.97. The quantitative estimate of drug-likeness (QED) is 0.198. The van der Waals surface area contributed by atoms with E-state index in [4.69, 9.17) is 11.6 Å². The van der Waals surface area contributed by atoms with Gasteiger partial charge in [0.2, 0.25) is 0 Å². The number of anilines is 1. The SMILES string of the molecule is C=C(c1ccc(C)c(NC(=O)c2ccc(Cl)nc2)c1)N1CCC(c2ccc(C(=O)c3ccccc3)cc2)CC1. The number of aromatic nitrogens is 1. The van der Waals surface area contributed by atoms with Crippen molar-refractivity contribution in [2.24, 2.45) is 0 Å². The number of halogens is 1. The summed E-state index contributed by atoms with van der Waals surface area (Å²) in [6.45, 7) is 8.12. The molecule has 0 aliphatic carbocycles. The second-order valence-electron chi connectivity index (χ2n) is 9.88. The number of pyridine rings is 1. The third kappa shape index (κ3) is 6.10. The van der Waals surface area contributed by atoms with Crippen LogP contribution in [-0.2, 0) is 0 Å². The standard InChI is InChI=1S/C33H30ClN3O2/c1-22-8-9-28(20-30(22)36-33(39)29-14-15-31(34)35-21-29)23(2)37-18-16-25(17-19-37)24-10-12-27(13-11-24)32(38)26-6-4-3-5-7-26/h3-15,20-21,25H,2,16-19H2,1H3,(H,36,39). The smallest absolute Gasteiger partial charge is 0.257 e. The van der Waals surface area contributed by atoms with Crippen LogP contribution in [0.4, 0.5) is 5.69 Å². The van der Waals surface area contributed by atoms with Crippen LogP contribution in [0, 0.1) is 6.92 Å². The maximum Gasteiger partial charge on any atom is 0.257 e. The molecule has 0 atom stereocenters. The van der Waals surface area contributed by atoms with Gasteiger partial charge in [-0.1, -0.05) is 84.9 Å². The molecule has 5 nitrogen and oxygen atoms in total. The zero-order chi connectivity index (χ0) is 27.4. The van der Waals surface area contributed by atoms with Gasteiger partial charge in [-0.15, -0.1) is 0 Å². The van der Waals surface area contributed by atoms with E-state index in [9.17, 15) is 9.59 Å². The molecule has 1 saturated heterocycles. The molecule has 0 unspecified atom stereocenters. The predicted octanol–water partition coefficient (Wildman–Crippen LogP) is 7.38. The van der Waals surface area contributed by atoms with Crippen LogP contribution in [0.25, 0.3) is 5.70 Å². The summed E-state index contributed by atoms with van der Waals surface area (Å²) in [4.78, 5) is 31.7. The molecule has 39 heavy (non-hydrogen) atoms. The third-order valence-corrected chi connectivity index (χ3v) is 7.59.